The molecule has 0 aliphatic carbocycles. The van der Waals surface area contributed by atoms with Gasteiger partial charge in [-0.15, -0.1) is 0 Å². The summed E-state index contributed by atoms with van der Waals surface area (Å²) in [6, 6.07) is 11.9. The number of hydrogen-bond donors (Lipinski definition) is 3. The van der Waals surface area contributed by atoms with Gasteiger partial charge in [0, 0.05) is 42.8 Å². The molecule has 3 amide bonds. The second kappa shape index (κ2) is 7.93. The fourth-order valence-corrected chi connectivity index (χ4v) is 2.41. The number of amides is 3. The van der Waals surface area contributed by atoms with E-state index < -0.39 is 6.03 Å². The van der Waals surface area contributed by atoms with Crippen LogP contribution in [0.25, 0.3) is 5.82 Å². The summed E-state index contributed by atoms with van der Waals surface area (Å²) in [6.07, 6.45) is 5.15. The van der Waals surface area contributed by atoms with Crippen LogP contribution in [0.3, 0.4) is 0 Å². The van der Waals surface area contributed by atoms with Gasteiger partial charge in [0.05, 0.1) is 0 Å². The molecule has 26 heavy (non-hydrogen) atoms. The van der Waals surface area contributed by atoms with Gasteiger partial charge >= 0.3 is 6.03 Å². The van der Waals surface area contributed by atoms with E-state index in [1.165, 1.54) is 0 Å². The van der Waals surface area contributed by atoms with Crippen molar-refractivity contribution in [2.45, 2.75) is 13.1 Å². The maximum atomic E-state index is 12.3. The van der Waals surface area contributed by atoms with Gasteiger partial charge in [-0.3, -0.25) is 4.79 Å². The number of carbonyl (C=O) groups excluding carboxylic acids is 2. The van der Waals surface area contributed by atoms with E-state index in [2.05, 4.69) is 20.7 Å². The van der Waals surface area contributed by atoms with Gasteiger partial charge in [-0.25, -0.2) is 14.5 Å². The molecule has 132 valence electrons. The minimum absolute atomic E-state index is 0.199. The molecule has 0 aliphatic heterocycles. The summed E-state index contributed by atoms with van der Waals surface area (Å²) in [5, 5.41) is 9.55. The Bertz CT molecular complexity index is 890. The molecule has 0 atom stereocenters. The van der Waals surface area contributed by atoms with Crippen molar-refractivity contribution in [2.24, 2.45) is 5.73 Å². The van der Waals surface area contributed by atoms with Crippen LogP contribution in [-0.4, -0.2) is 26.7 Å². The Morgan fingerprint density at radius 3 is 2.50 bits per heavy atom. The summed E-state index contributed by atoms with van der Waals surface area (Å²) in [5.74, 6) is 0.473. The molecule has 0 saturated heterocycles. The number of nitrogens with zero attached hydrogens (tertiary/aromatic N) is 3. The SMILES string of the molecule is NC(=O)NCc1ccc(C(=O)NCc2cccnc2-n2cccn2)cc1. The van der Waals surface area contributed by atoms with Crippen molar-refractivity contribution in [3.63, 3.8) is 0 Å². The predicted molar refractivity (Wildman–Crippen MR) is 95.4 cm³/mol. The number of pyridine rings is 1. The lowest BCUT2D eigenvalue weighted by Crippen LogP contribution is -2.28. The summed E-state index contributed by atoms with van der Waals surface area (Å²) < 4.78 is 1.65. The van der Waals surface area contributed by atoms with Gasteiger partial charge in [-0.1, -0.05) is 18.2 Å². The van der Waals surface area contributed by atoms with Crippen LogP contribution in [0.15, 0.2) is 61.1 Å². The van der Waals surface area contributed by atoms with Gasteiger partial charge in [-0.05, 0) is 29.8 Å². The van der Waals surface area contributed by atoms with Crippen LogP contribution in [0.5, 0.6) is 0 Å². The zero-order valence-corrected chi connectivity index (χ0v) is 13.9. The van der Waals surface area contributed by atoms with Crippen molar-refractivity contribution in [3.8, 4) is 5.82 Å². The predicted octanol–water partition coefficient (Wildman–Crippen LogP) is 1.37. The minimum Gasteiger partial charge on any atom is -0.352 e. The van der Waals surface area contributed by atoms with E-state index in [0.717, 1.165) is 11.1 Å². The smallest absolute Gasteiger partial charge is 0.312 e. The summed E-state index contributed by atoms with van der Waals surface area (Å²) in [7, 11) is 0. The third-order valence-corrected chi connectivity index (χ3v) is 3.71. The summed E-state index contributed by atoms with van der Waals surface area (Å²) >= 11 is 0. The number of carbonyl (C=O) groups is 2. The van der Waals surface area contributed by atoms with Crippen LogP contribution in [0.4, 0.5) is 4.79 Å². The molecule has 2 aromatic heterocycles. The maximum Gasteiger partial charge on any atom is 0.312 e. The van der Waals surface area contributed by atoms with E-state index >= 15 is 0 Å². The zero-order chi connectivity index (χ0) is 18.4. The number of primary amides is 1. The summed E-state index contributed by atoms with van der Waals surface area (Å²) in [4.78, 5) is 27.4. The quantitative estimate of drug-likeness (QED) is 0.622. The normalized spacial score (nSPS) is 10.3. The number of benzene rings is 1. The topological polar surface area (TPSA) is 115 Å². The Morgan fingerprint density at radius 2 is 1.81 bits per heavy atom. The Hall–Kier alpha value is -3.68. The third-order valence-electron chi connectivity index (χ3n) is 3.71. The van der Waals surface area contributed by atoms with Crippen molar-refractivity contribution in [1.29, 1.82) is 0 Å². The molecule has 0 unspecified atom stereocenters. The molecule has 0 aliphatic rings. The van der Waals surface area contributed by atoms with Crippen LogP contribution in [0.1, 0.15) is 21.5 Å². The first-order chi connectivity index (χ1) is 12.6. The molecule has 8 heteroatoms. The molecule has 0 bridgehead atoms. The molecule has 8 nitrogen and oxygen atoms in total. The first-order valence-corrected chi connectivity index (χ1v) is 7.98. The van der Waals surface area contributed by atoms with Gasteiger partial charge in [0.15, 0.2) is 5.82 Å². The Balaban J connectivity index is 1.64. The van der Waals surface area contributed by atoms with Gasteiger partial charge < -0.3 is 16.4 Å². The maximum absolute atomic E-state index is 12.3. The number of aromatic nitrogens is 3. The first kappa shape index (κ1) is 17.2. The van der Waals surface area contributed by atoms with Crippen molar-refractivity contribution >= 4 is 11.9 Å². The molecule has 3 aromatic rings. The van der Waals surface area contributed by atoms with E-state index in [4.69, 9.17) is 5.73 Å². The van der Waals surface area contributed by atoms with E-state index in [-0.39, 0.29) is 5.91 Å². The fourth-order valence-electron chi connectivity index (χ4n) is 2.41. The number of hydrogen-bond acceptors (Lipinski definition) is 4. The van der Waals surface area contributed by atoms with Crippen LogP contribution >= 0.6 is 0 Å². The van der Waals surface area contributed by atoms with Crippen molar-refractivity contribution in [2.75, 3.05) is 0 Å². The molecule has 2 heterocycles. The number of nitrogens with two attached hydrogens (primary N) is 1. The standard InChI is InChI=1S/C18H18N6O2/c19-18(26)22-11-13-4-6-14(7-5-13)17(25)21-12-15-3-1-8-20-16(15)24-10-2-9-23-24/h1-10H,11-12H2,(H,21,25)(H3,19,22,26). The molecule has 0 fully saturated rings. The largest absolute Gasteiger partial charge is 0.352 e. The average molecular weight is 350 g/mol. The van der Waals surface area contributed by atoms with Crippen molar-refractivity contribution in [3.05, 3.63) is 77.7 Å². The average Bonchev–Trinajstić information content (AvgIpc) is 3.19. The minimum atomic E-state index is -0.587. The third kappa shape index (κ3) is 4.23. The van der Waals surface area contributed by atoms with Crippen molar-refractivity contribution < 1.29 is 9.59 Å². The molecule has 0 spiro atoms. The highest BCUT2D eigenvalue weighted by atomic mass is 16.2. The first-order valence-electron chi connectivity index (χ1n) is 7.98. The Morgan fingerprint density at radius 1 is 1.00 bits per heavy atom. The monoisotopic (exact) mass is 350 g/mol. The van der Waals surface area contributed by atoms with Gasteiger partial charge in [0.25, 0.3) is 5.91 Å². The summed E-state index contributed by atoms with van der Waals surface area (Å²) in [6.45, 7) is 0.646. The molecular formula is C18H18N6O2. The van der Waals surface area contributed by atoms with Crippen molar-refractivity contribution in [1.82, 2.24) is 25.4 Å². The van der Waals surface area contributed by atoms with Crippen LogP contribution < -0.4 is 16.4 Å². The molecule has 3 rings (SSSR count). The number of nitrogens with one attached hydrogen (secondary N) is 2. The zero-order valence-electron chi connectivity index (χ0n) is 13.9. The Kier molecular flexibility index (Phi) is 5.23. The van der Waals surface area contributed by atoms with Gasteiger partial charge in [0.1, 0.15) is 0 Å². The second-order valence-electron chi connectivity index (χ2n) is 5.53. The van der Waals surface area contributed by atoms with Gasteiger partial charge in [0.2, 0.25) is 0 Å². The van der Waals surface area contributed by atoms with E-state index in [0.29, 0.717) is 24.5 Å². The van der Waals surface area contributed by atoms with E-state index in [1.54, 1.807) is 47.5 Å². The molecular weight excluding hydrogens is 332 g/mol. The van der Waals surface area contributed by atoms with Crippen LogP contribution in [0, 0.1) is 0 Å². The highest BCUT2D eigenvalue weighted by Gasteiger charge is 2.09. The number of rotatable bonds is 6. The van der Waals surface area contributed by atoms with E-state index in [1.807, 2.05) is 18.2 Å². The fraction of sp³-hybridized carbons (Fsp3) is 0.111. The Labute approximate surface area is 150 Å². The lowest BCUT2D eigenvalue weighted by Gasteiger charge is -2.10. The lowest BCUT2D eigenvalue weighted by atomic mass is 10.1. The summed E-state index contributed by atoms with van der Waals surface area (Å²) in [5.41, 5.74) is 7.27. The molecule has 0 saturated carbocycles. The highest BCUT2D eigenvalue weighted by Crippen LogP contribution is 2.11. The molecule has 4 N–H and O–H groups in total. The van der Waals surface area contributed by atoms with Gasteiger partial charge in [-0.2, -0.15) is 5.10 Å². The van der Waals surface area contributed by atoms with Crippen LogP contribution in [0.2, 0.25) is 0 Å². The van der Waals surface area contributed by atoms with Crippen LogP contribution in [-0.2, 0) is 13.1 Å². The highest BCUT2D eigenvalue weighted by molar-refractivity contribution is 5.94. The number of urea groups is 1. The molecule has 0 radical (unpaired) electrons. The lowest BCUT2D eigenvalue weighted by molar-refractivity contribution is 0.0951. The molecule has 1 aromatic carbocycles. The van der Waals surface area contributed by atoms with E-state index in [9.17, 15) is 9.59 Å². The second-order valence-corrected chi connectivity index (χ2v) is 5.53.